The molecule has 0 bridgehead atoms. The van der Waals surface area contributed by atoms with Crippen molar-refractivity contribution in [3.8, 4) is 0 Å². The molecule has 0 amide bonds. The SMILES string of the molecule is O=C1CCc2ccccc2C/C1=N/O. The minimum atomic E-state index is -0.0521. The summed E-state index contributed by atoms with van der Waals surface area (Å²) < 4.78 is 0. The Labute approximate surface area is 82.1 Å². The molecule has 3 heteroatoms. The highest BCUT2D eigenvalue weighted by atomic mass is 16.4. The van der Waals surface area contributed by atoms with Crippen LogP contribution in [0.3, 0.4) is 0 Å². The zero-order valence-corrected chi connectivity index (χ0v) is 7.73. The van der Waals surface area contributed by atoms with Crippen molar-refractivity contribution in [2.75, 3.05) is 0 Å². The van der Waals surface area contributed by atoms with Crippen molar-refractivity contribution in [3.63, 3.8) is 0 Å². The van der Waals surface area contributed by atoms with Crippen molar-refractivity contribution in [2.45, 2.75) is 19.3 Å². The number of hydrogen-bond acceptors (Lipinski definition) is 3. The molecule has 1 aliphatic rings. The number of rotatable bonds is 0. The Morgan fingerprint density at radius 3 is 2.57 bits per heavy atom. The van der Waals surface area contributed by atoms with Crippen LogP contribution in [0.5, 0.6) is 0 Å². The third-order valence-corrected chi connectivity index (χ3v) is 2.54. The highest BCUT2D eigenvalue weighted by Gasteiger charge is 2.19. The minimum absolute atomic E-state index is 0.0521. The van der Waals surface area contributed by atoms with Crippen LogP contribution >= 0.6 is 0 Å². The number of Topliss-reactive ketones (excluding diaryl/α,β-unsaturated/α-hetero) is 1. The standard InChI is InChI=1S/C11H11NO2/c13-11-6-5-8-3-1-2-4-9(8)7-10(11)12-14/h1-4,14H,5-7H2/b12-10-. The molecule has 1 aliphatic carbocycles. The molecule has 14 heavy (non-hydrogen) atoms. The number of aryl methyl sites for hydroxylation is 1. The zero-order valence-electron chi connectivity index (χ0n) is 7.73. The van der Waals surface area contributed by atoms with Gasteiger partial charge in [0.2, 0.25) is 0 Å². The van der Waals surface area contributed by atoms with E-state index in [4.69, 9.17) is 5.21 Å². The Balaban J connectivity index is 2.41. The van der Waals surface area contributed by atoms with Crippen LogP contribution < -0.4 is 0 Å². The Hall–Kier alpha value is -1.64. The lowest BCUT2D eigenvalue weighted by Gasteiger charge is -2.02. The lowest BCUT2D eigenvalue weighted by atomic mass is 10.0. The topological polar surface area (TPSA) is 49.7 Å². The van der Waals surface area contributed by atoms with E-state index in [1.807, 2.05) is 24.3 Å². The first-order chi connectivity index (χ1) is 6.81. The number of oxime groups is 1. The second kappa shape index (κ2) is 3.62. The van der Waals surface area contributed by atoms with E-state index in [0.717, 1.165) is 12.0 Å². The van der Waals surface area contributed by atoms with Gasteiger partial charge in [-0.1, -0.05) is 29.4 Å². The maximum absolute atomic E-state index is 11.4. The average Bonchev–Trinajstić information content (AvgIpc) is 2.38. The predicted octanol–water partition coefficient (Wildman–Crippen LogP) is 1.57. The molecule has 72 valence electrons. The van der Waals surface area contributed by atoms with Crippen molar-refractivity contribution in [1.82, 2.24) is 0 Å². The number of fused-ring (bicyclic) bond motifs is 1. The fraction of sp³-hybridized carbons (Fsp3) is 0.273. The van der Waals surface area contributed by atoms with Gasteiger partial charge in [0, 0.05) is 12.8 Å². The van der Waals surface area contributed by atoms with Gasteiger partial charge in [0.15, 0.2) is 5.78 Å². The lowest BCUT2D eigenvalue weighted by Crippen LogP contribution is -2.14. The second-order valence-electron chi connectivity index (χ2n) is 3.42. The third-order valence-electron chi connectivity index (χ3n) is 2.54. The van der Waals surface area contributed by atoms with Gasteiger partial charge in [-0.2, -0.15) is 0 Å². The van der Waals surface area contributed by atoms with Gasteiger partial charge < -0.3 is 5.21 Å². The molecule has 2 rings (SSSR count). The Bertz CT molecular complexity index is 396. The minimum Gasteiger partial charge on any atom is -0.411 e. The molecule has 0 saturated heterocycles. The molecular weight excluding hydrogens is 178 g/mol. The average molecular weight is 189 g/mol. The molecule has 0 spiro atoms. The van der Waals surface area contributed by atoms with E-state index in [-0.39, 0.29) is 11.5 Å². The lowest BCUT2D eigenvalue weighted by molar-refractivity contribution is -0.113. The second-order valence-corrected chi connectivity index (χ2v) is 3.42. The Kier molecular flexibility index (Phi) is 2.31. The van der Waals surface area contributed by atoms with Gasteiger partial charge in [0.25, 0.3) is 0 Å². The van der Waals surface area contributed by atoms with Gasteiger partial charge in [-0.3, -0.25) is 4.79 Å². The van der Waals surface area contributed by atoms with Gasteiger partial charge in [0.1, 0.15) is 5.71 Å². The molecule has 0 atom stereocenters. The van der Waals surface area contributed by atoms with Gasteiger partial charge in [-0.25, -0.2) is 0 Å². The third kappa shape index (κ3) is 1.53. The molecule has 1 N–H and O–H groups in total. The van der Waals surface area contributed by atoms with Crippen LogP contribution in [0.2, 0.25) is 0 Å². The van der Waals surface area contributed by atoms with Gasteiger partial charge >= 0.3 is 0 Å². The molecule has 0 fully saturated rings. The van der Waals surface area contributed by atoms with Crippen LogP contribution in [0.15, 0.2) is 29.4 Å². The summed E-state index contributed by atoms with van der Waals surface area (Å²) in [6.07, 6.45) is 1.63. The number of benzene rings is 1. The van der Waals surface area contributed by atoms with E-state index in [2.05, 4.69) is 5.16 Å². The Morgan fingerprint density at radius 1 is 1.14 bits per heavy atom. The van der Waals surface area contributed by atoms with Gasteiger partial charge in [0.05, 0.1) is 0 Å². The molecule has 0 unspecified atom stereocenters. The summed E-state index contributed by atoms with van der Waals surface area (Å²) in [6.45, 7) is 0. The fourth-order valence-electron chi connectivity index (χ4n) is 1.74. The molecule has 0 heterocycles. The fourth-order valence-corrected chi connectivity index (χ4v) is 1.74. The number of hydrogen-bond donors (Lipinski definition) is 1. The summed E-state index contributed by atoms with van der Waals surface area (Å²) in [5, 5.41) is 11.7. The van der Waals surface area contributed by atoms with Crippen LogP contribution in [0.4, 0.5) is 0 Å². The quantitative estimate of drug-likeness (QED) is 0.382. The van der Waals surface area contributed by atoms with Crippen LogP contribution in [-0.4, -0.2) is 16.7 Å². The van der Waals surface area contributed by atoms with Crippen molar-refractivity contribution in [3.05, 3.63) is 35.4 Å². The molecule has 0 radical (unpaired) electrons. The first-order valence-corrected chi connectivity index (χ1v) is 4.62. The number of carbonyl (C=O) groups excluding carboxylic acids is 1. The smallest absolute Gasteiger partial charge is 0.181 e. The largest absolute Gasteiger partial charge is 0.411 e. The van der Waals surface area contributed by atoms with Crippen molar-refractivity contribution < 1.29 is 10.0 Å². The molecule has 3 nitrogen and oxygen atoms in total. The molecule has 0 aliphatic heterocycles. The maximum atomic E-state index is 11.4. The number of carbonyl (C=O) groups is 1. The summed E-state index contributed by atoms with van der Waals surface area (Å²) in [5.41, 5.74) is 2.54. The maximum Gasteiger partial charge on any atom is 0.181 e. The summed E-state index contributed by atoms with van der Waals surface area (Å²) in [4.78, 5) is 11.4. The molecular formula is C11H11NO2. The van der Waals surface area contributed by atoms with Gasteiger partial charge in [-0.05, 0) is 17.5 Å². The predicted molar refractivity (Wildman–Crippen MR) is 52.7 cm³/mol. The first kappa shape index (κ1) is 8.94. The molecule has 0 saturated carbocycles. The molecule has 0 aromatic heterocycles. The van der Waals surface area contributed by atoms with Crippen molar-refractivity contribution in [1.29, 1.82) is 0 Å². The van der Waals surface area contributed by atoms with E-state index in [0.29, 0.717) is 12.8 Å². The van der Waals surface area contributed by atoms with Crippen molar-refractivity contribution in [2.24, 2.45) is 5.16 Å². The Morgan fingerprint density at radius 2 is 1.86 bits per heavy atom. The normalized spacial score (nSPS) is 19.1. The summed E-state index contributed by atoms with van der Waals surface area (Å²) in [5.74, 6) is -0.0521. The van der Waals surface area contributed by atoms with E-state index in [9.17, 15) is 4.79 Å². The van der Waals surface area contributed by atoms with Crippen LogP contribution in [-0.2, 0) is 17.6 Å². The highest BCUT2D eigenvalue weighted by molar-refractivity contribution is 6.40. The van der Waals surface area contributed by atoms with E-state index in [1.165, 1.54) is 5.56 Å². The van der Waals surface area contributed by atoms with E-state index >= 15 is 0 Å². The van der Waals surface area contributed by atoms with Crippen molar-refractivity contribution >= 4 is 11.5 Å². The number of nitrogens with zero attached hydrogens (tertiary/aromatic N) is 1. The van der Waals surface area contributed by atoms with Crippen LogP contribution in [0.1, 0.15) is 17.5 Å². The van der Waals surface area contributed by atoms with E-state index in [1.54, 1.807) is 0 Å². The van der Waals surface area contributed by atoms with E-state index < -0.39 is 0 Å². The van der Waals surface area contributed by atoms with Crippen LogP contribution in [0, 0.1) is 0 Å². The number of ketones is 1. The first-order valence-electron chi connectivity index (χ1n) is 4.62. The molecule has 1 aromatic carbocycles. The van der Waals surface area contributed by atoms with Gasteiger partial charge in [-0.15, -0.1) is 0 Å². The monoisotopic (exact) mass is 189 g/mol. The molecule has 1 aromatic rings. The van der Waals surface area contributed by atoms with Crippen LogP contribution in [0.25, 0.3) is 0 Å². The summed E-state index contributed by atoms with van der Waals surface area (Å²) in [7, 11) is 0. The summed E-state index contributed by atoms with van der Waals surface area (Å²) >= 11 is 0. The summed E-state index contributed by atoms with van der Waals surface area (Å²) in [6, 6.07) is 7.88. The highest BCUT2D eigenvalue weighted by Crippen LogP contribution is 2.17. The zero-order chi connectivity index (χ0) is 9.97.